The van der Waals surface area contributed by atoms with Crippen molar-refractivity contribution in [2.45, 2.75) is 33.7 Å². The van der Waals surface area contributed by atoms with Gasteiger partial charge in [-0.05, 0) is 91.8 Å². The normalized spacial score (nSPS) is 14.4. The molecule has 1 aromatic heterocycles. The van der Waals surface area contributed by atoms with Crippen LogP contribution in [0.3, 0.4) is 0 Å². The Morgan fingerprint density at radius 3 is 2.36 bits per heavy atom. The van der Waals surface area contributed by atoms with Crippen molar-refractivity contribution in [2.24, 2.45) is 4.99 Å². The lowest BCUT2D eigenvalue weighted by atomic mass is 9.95. The molecule has 0 spiro atoms. The van der Waals surface area contributed by atoms with Crippen molar-refractivity contribution in [2.75, 3.05) is 40.6 Å². The molecule has 3 aromatic rings. The molecule has 0 unspecified atom stereocenters. The predicted molar refractivity (Wildman–Crippen MR) is 180 cm³/mol. The molecule has 0 saturated carbocycles. The zero-order chi connectivity index (χ0) is 32.8. The minimum Gasteiger partial charge on any atom is -0.493 e. The lowest BCUT2D eigenvalue weighted by molar-refractivity contribution is -0.145. The van der Waals surface area contributed by atoms with Crippen molar-refractivity contribution in [3.05, 3.63) is 74.4 Å². The van der Waals surface area contributed by atoms with Crippen molar-refractivity contribution >= 4 is 67.9 Å². The van der Waals surface area contributed by atoms with Gasteiger partial charge in [-0.25, -0.2) is 14.6 Å². The second-order valence-electron chi connectivity index (χ2n) is 9.39. The summed E-state index contributed by atoms with van der Waals surface area (Å²) in [5.41, 5.74) is 1.58. The first-order valence-electron chi connectivity index (χ1n) is 13.9. The number of methoxy groups -OCH3 is 2. The Morgan fingerprint density at radius 1 is 1.00 bits per heavy atom. The largest absolute Gasteiger partial charge is 0.493 e. The highest BCUT2D eigenvalue weighted by molar-refractivity contribution is 14.1. The molecule has 1 aliphatic heterocycles. The van der Waals surface area contributed by atoms with Crippen molar-refractivity contribution in [1.82, 2.24) is 4.57 Å². The van der Waals surface area contributed by atoms with E-state index < -0.39 is 18.0 Å². The molecule has 0 saturated heterocycles. The highest BCUT2D eigenvalue weighted by Crippen LogP contribution is 2.41. The molecule has 0 amide bonds. The van der Waals surface area contributed by atoms with Crippen LogP contribution in [0, 0.1) is 3.57 Å². The van der Waals surface area contributed by atoms with Gasteiger partial charge < -0.3 is 28.4 Å². The molecule has 2 heterocycles. The quantitative estimate of drug-likeness (QED) is 0.192. The third kappa shape index (κ3) is 7.38. The molecule has 240 valence electrons. The summed E-state index contributed by atoms with van der Waals surface area (Å²) in [5.74, 6) is 0.657. The van der Waals surface area contributed by atoms with E-state index in [1.807, 2.05) is 13.0 Å². The van der Waals surface area contributed by atoms with Crippen molar-refractivity contribution in [3.8, 4) is 23.0 Å². The fraction of sp³-hybridized carbons (Fsp3) is 0.355. The number of benzene rings is 2. The van der Waals surface area contributed by atoms with E-state index in [1.54, 1.807) is 45.0 Å². The Balaban J connectivity index is 1.89. The smallest absolute Gasteiger partial charge is 0.344 e. The van der Waals surface area contributed by atoms with Gasteiger partial charge in [0.15, 0.2) is 34.4 Å². The topological polar surface area (TPSA) is 124 Å². The van der Waals surface area contributed by atoms with Gasteiger partial charge in [0.05, 0.1) is 59.5 Å². The molecule has 1 aliphatic rings. The van der Waals surface area contributed by atoms with Gasteiger partial charge in [-0.2, -0.15) is 0 Å². The number of nitrogens with zero attached hydrogens (tertiary/aromatic N) is 2. The number of hydrogen-bond acceptors (Lipinski definition) is 11. The summed E-state index contributed by atoms with van der Waals surface area (Å²) in [5, 5.41) is 0. The van der Waals surface area contributed by atoms with Gasteiger partial charge in [0.1, 0.15) is 0 Å². The monoisotopic (exact) mass is 814 g/mol. The van der Waals surface area contributed by atoms with E-state index in [-0.39, 0.29) is 31.0 Å². The van der Waals surface area contributed by atoms with Crippen molar-refractivity contribution < 1.29 is 38.0 Å². The van der Waals surface area contributed by atoms with Crippen LogP contribution in [0.1, 0.15) is 44.9 Å². The number of esters is 2. The van der Waals surface area contributed by atoms with Crippen LogP contribution in [0.15, 0.2) is 49.8 Å². The number of carbonyl (C=O) groups is 2. The number of halogens is 2. The number of rotatable bonds is 12. The third-order valence-corrected chi connectivity index (χ3v) is 9.05. The van der Waals surface area contributed by atoms with Crippen LogP contribution in [0.4, 0.5) is 0 Å². The average molecular weight is 815 g/mol. The van der Waals surface area contributed by atoms with E-state index >= 15 is 0 Å². The maximum atomic E-state index is 14.1. The van der Waals surface area contributed by atoms with Gasteiger partial charge in [0, 0.05) is 4.47 Å². The summed E-state index contributed by atoms with van der Waals surface area (Å²) in [7, 11) is 3.01. The highest BCUT2D eigenvalue weighted by atomic mass is 127. The van der Waals surface area contributed by atoms with Crippen molar-refractivity contribution in [3.63, 3.8) is 0 Å². The van der Waals surface area contributed by atoms with Crippen LogP contribution in [0.2, 0.25) is 0 Å². The minimum atomic E-state index is -0.866. The molecular formula is C31H32BrIN2O9S. The average Bonchev–Trinajstić information content (AvgIpc) is 3.30. The first kappa shape index (κ1) is 34.5. The minimum absolute atomic E-state index is 0.153. The number of hydrogen-bond donors (Lipinski definition) is 0. The second kappa shape index (κ2) is 15.3. The number of carbonyl (C=O) groups excluding carboxylic acids is 2. The summed E-state index contributed by atoms with van der Waals surface area (Å²) >= 11 is 6.90. The lowest BCUT2D eigenvalue weighted by Crippen LogP contribution is -2.40. The Bertz CT molecular complexity index is 1830. The summed E-state index contributed by atoms with van der Waals surface area (Å²) in [6.07, 6.45) is 1.72. The maximum Gasteiger partial charge on any atom is 0.344 e. The first-order chi connectivity index (χ1) is 21.6. The van der Waals surface area contributed by atoms with Gasteiger partial charge in [-0.3, -0.25) is 9.36 Å². The van der Waals surface area contributed by atoms with E-state index in [4.69, 9.17) is 28.4 Å². The predicted octanol–water partition coefficient (Wildman–Crippen LogP) is 4.52. The van der Waals surface area contributed by atoms with E-state index in [9.17, 15) is 14.4 Å². The van der Waals surface area contributed by atoms with Crippen LogP contribution in [-0.4, -0.2) is 57.2 Å². The van der Waals surface area contributed by atoms with Gasteiger partial charge >= 0.3 is 11.9 Å². The molecule has 14 heteroatoms. The summed E-state index contributed by atoms with van der Waals surface area (Å²) in [4.78, 5) is 44.4. The molecular weight excluding hydrogens is 783 g/mol. The molecule has 11 nitrogen and oxygen atoms in total. The Kier molecular flexibility index (Phi) is 11.7. The van der Waals surface area contributed by atoms with Crippen molar-refractivity contribution in [1.29, 1.82) is 0 Å². The number of allylic oxidation sites excluding steroid dienone is 1. The molecule has 0 fully saturated rings. The van der Waals surface area contributed by atoms with Gasteiger partial charge in [-0.15, -0.1) is 0 Å². The molecule has 4 rings (SSSR count). The zero-order valence-electron chi connectivity index (χ0n) is 25.5. The fourth-order valence-corrected chi connectivity index (χ4v) is 7.09. The Labute approximate surface area is 285 Å². The molecule has 45 heavy (non-hydrogen) atoms. The number of aromatic nitrogens is 1. The number of fused-ring (bicyclic) bond motifs is 1. The molecule has 0 bridgehead atoms. The Morgan fingerprint density at radius 2 is 1.71 bits per heavy atom. The molecule has 1 atom stereocenters. The third-order valence-electron chi connectivity index (χ3n) is 6.58. The maximum absolute atomic E-state index is 14.1. The van der Waals surface area contributed by atoms with Crippen LogP contribution >= 0.6 is 49.9 Å². The summed E-state index contributed by atoms with van der Waals surface area (Å²) < 4.78 is 36.1. The Hall–Kier alpha value is -3.37. The SMILES string of the molecule is CCOC(=O)COc1c(I)cc(/C=c2/sc3n(c2=O)[C@H](c2cc(OC)c(OCC)cc2Br)C(C(=O)OCC)=C(C)N=3)cc1OC. The second-order valence-corrected chi connectivity index (χ2v) is 12.4. The van der Waals surface area contributed by atoms with E-state index in [0.29, 0.717) is 63.8 Å². The van der Waals surface area contributed by atoms with Crippen LogP contribution in [-0.2, 0) is 19.1 Å². The molecule has 0 radical (unpaired) electrons. The van der Waals surface area contributed by atoms with E-state index in [1.165, 1.54) is 30.1 Å². The lowest BCUT2D eigenvalue weighted by Gasteiger charge is -2.26. The van der Waals surface area contributed by atoms with Gasteiger partial charge in [0.25, 0.3) is 5.56 Å². The molecule has 0 N–H and O–H groups in total. The molecule has 2 aromatic carbocycles. The summed E-state index contributed by atoms with van der Waals surface area (Å²) in [6, 6.07) is 6.15. The summed E-state index contributed by atoms with van der Waals surface area (Å²) in [6.45, 7) is 7.58. The number of ether oxygens (including phenoxy) is 6. The zero-order valence-corrected chi connectivity index (χ0v) is 30.1. The highest BCUT2D eigenvalue weighted by Gasteiger charge is 2.35. The first-order valence-corrected chi connectivity index (χ1v) is 16.6. The molecule has 0 aliphatic carbocycles. The van der Waals surface area contributed by atoms with E-state index in [0.717, 1.165) is 0 Å². The van der Waals surface area contributed by atoms with Crippen LogP contribution in [0.5, 0.6) is 23.0 Å². The van der Waals surface area contributed by atoms with Crippen LogP contribution < -0.4 is 33.8 Å². The fourth-order valence-electron chi connectivity index (χ4n) is 4.72. The van der Waals surface area contributed by atoms with Crippen LogP contribution in [0.25, 0.3) is 6.08 Å². The number of thiazole rings is 1. The van der Waals surface area contributed by atoms with Gasteiger partial charge in [-0.1, -0.05) is 27.3 Å². The van der Waals surface area contributed by atoms with Gasteiger partial charge in [0.2, 0.25) is 0 Å². The standard InChI is InChI=1S/C31H32BrIN2O9S/c1-7-41-22-14-19(32)18(13-21(22)39-5)27-26(30(38)43-9-3)16(4)34-31-35(27)29(37)24(45-31)12-17-10-20(33)28(23(11-17)40-6)44-15-25(36)42-8-2/h10-14,27H,7-9,15H2,1-6H3/b24-12+/t27-/m1/s1. The van der Waals surface area contributed by atoms with E-state index in [2.05, 4.69) is 43.5 Å².